The molecule has 0 heterocycles. The maximum absolute atomic E-state index is 12.2. The molecule has 2 rings (SSSR count). The van der Waals surface area contributed by atoms with Crippen LogP contribution in [0.25, 0.3) is 0 Å². The Hall–Kier alpha value is -1.84. The Balaban J connectivity index is 2.02. The summed E-state index contributed by atoms with van der Waals surface area (Å²) in [6.07, 6.45) is 0. The largest absolute Gasteiger partial charge is 0.454 e. The first-order valence-electron chi connectivity index (χ1n) is 7.44. The lowest BCUT2D eigenvalue weighted by atomic mass is 9.86. The summed E-state index contributed by atoms with van der Waals surface area (Å²) >= 11 is 11.8. The van der Waals surface area contributed by atoms with Crippen LogP contribution < -0.4 is 0 Å². The number of benzene rings is 2. The molecule has 3 nitrogen and oxygen atoms in total. The molecule has 0 unspecified atom stereocenters. The minimum atomic E-state index is -0.679. The zero-order valence-electron chi connectivity index (χ0n) is 13.7. The number of hydrogen-bond donors (Lipinski definition) is 0. The first-order valence-corrected chi connectivity index (χ1v) is 8.20. The molecule has 0 N–H and O–H groups in total. The van der Waals surface area contributed by atoms with Crippen LogP contribution in [-0.2, 0) is 10.2 Å². The van der Waals surface area contributed by atoms with Crippen molar-refractivity contribution in [2.75, 3.05) is 6.61 Å². The molecule has 2 aromatic carbocycles. The van der Waals surface area contributed by atoms with Crippen LogP contribution in [-0.4, -0.2) is 18.4 Å². The summed E-state index contributed by atoms with van der Waals surface area (Å²) in [5.41, 5.74) is 1.77. The van der Waals surface area contributed by atoms with Crippen LogP contribution in [0.3, 0.4) is 0 Å². The van der Waals surface area contributed by atoms with Gasteiger partial charge in [-0.2, -0.15) is 0 Å². The monoisotopic (exact) mass is 364 g/mol. The van der Waals surface area contributed by atoms with E-state index in [1.54, 1.807) is 18.2 Å². The van der Waals surface area contributed by atoms with E-state index in [0.29, 0.717) is 10.6 Å². The van der Waals surface area contributed by atoms with Gasteiger partial charge in [0.15, 0.2) is 12.4 Å². The van der Waals surface area contributed by atoms with Gasteiger partial charge < -0.3 is 4.74 Å². The Morgan fingerprint density at radius 1 is 1.00 bits per heavy atom. The molecule has 0 aliphatic heterocycles. The fourth-order valence-corrected chi connectivity index (χ4v) is 2.47. The number of esters is 1. The number of carbonyl (C=O) groups is 2. The molecule has 0 fully saturated rings. The Labute approximate surface area is 151 Å². The van der Waals surface area contributed by atoms with E-state index >= 15 is 0 Å². The standard InChI is InChI=1S/C19H18Cl2O3/c1-19(2,3)13-6-4-12(5-7-13)17(22)11-24-18(23)15-10-14(20)8-9-16(15)21/h4-10H,11H2,1-3H3. The highest BCUT2D eigenvalue weighted by Gasteiger charge is 2.17. The Morgan fingerprint density at radius 2 is 1.62 bits per heavy atom. The number of halogens is 2. The smallest absolute Gasteiger partial charge is 0.340 e. The normalized spacial score (nSPS) is 11.2. The molecule has 0 aliphatic rings. The molecule has 0 atom stereocenters. The van der Waals surface area contributed by atoms with E-state index in [9.17, 15) is 9.59 Å². The molecule has 0 radical (unpaired) electrons. The Bertz CT molecular complexity index is 759. The minimum absolute atomic E-state index is 0.0113. The van der Waals surface area contributed by atoms with Gasteiger partial charge in [0.1, 0.15) is 0 Å². The zero-order valence-corrected chi connectivity index (χ0v) is 15.2. The third-order valence-electron chi connectivity index (χ3n) is 3.56. The number of Topliss-reactive ketones (excluding diaryl/α,β-unsaturated/α-hetero) is 1. The molecule has 0 spiro atoms. The maximum Gasteiger partial charge on any atom is 0.340 e. The highest BCUT2D eigenvalue weighted by molar-refractivity contribution is 6.35. The van der Waals surface area contributed by atoms with Crippen molar-refractivity contribution in [3.63, 3.8) is 0 Å². The number of rotatable bonds is 4. The highest BCUT2D eigenvalue weighted by Crippen LogP contribution is 2.23. The lowest BCUT2D eigenvalue weighted by Crippen LogP contribution is -2.15. The van der Waals surface area contributed by atoms with Crippen molar-refractivity contribution in [3.8, 4) is 0 Å². The zero-order chi connectivity index (χ0) is 17.9. The second-order valence-corrected chi connectivity index (χ2v) is 7.29. The van der Waals surface area contributed by atoms with Crippen molar-refractivity contribution in [1.29, 1.82) is 0 Å². The molecule has 2 aromatic rings. The molecule has 0 aliphatic carbocycles. The summed E-state index contributed by atoms with van der Waals surface area (Å²) in [6.45, 7) is 5.94. The van der Waals surface area contributed by atoms with E-state index in [0.717, 1.165) is 5.56 Å². The van der Waals surface area contributed by atoms with E-state index in [1.807, 2.05) is 12.1 Å². The van der Waals surface area contributed by atoms with Gasteiger partial charge in [0.25, 0.3) is 0 Å². The van der Waals surface area contributed by atoms with Gasteiger partial charge in [-0.05, 0) is 29.2 Å². The van der Waals surface area contributed by atoms with Crippen LogP contribution in [0.15, 0.2) is 42.5 Å². The topological polar surface area (TPSA) is 43.4 Å². The predicted octanol–water partition coefficient (Wildman–Crippen LogP) is 5.33. The third kappa shape index (κ3) is 4.59. The van der Waals surface area contributed by atoms with E-state index in [4.69, 9.17) is 27.9 Å². The minimum Gasteiger partial charge on any atom is -0.454 e. The van der Waals surface area contributed by atoms with Gasteiger partial charge in [0.05, 0.1) is 10.6 Å². The van der Waals surface area contributed by atoms with Crippen LogP contribution in [0.4, 0.5) is 0 Å². The van der Waals surface area contributed by atoms with Crippen molar-refractivity contribution in [2.45, 2.75) is 26.2 Å². The lowest BCUT2D eigenvalue weighted by Gasteiger charge is -2.18. The number of hydrogen-bond acceptors (Lipinski definition) is 3. The number of ketones is 1. The molecular formula is C19H18Cl2O3. The fourth-order valence-electron chi connectivity index (χ4n) is 2.10. The second-order valence-electron chi connectivity index (χ2n) is 6.45. The summed E-state index contributed by atoms with van der Waals surface area (Å²) in [6, 6.07) is 11.8. The third-order valence-corrected chi connectivity index (χ3v) is 4.12. The average molecular weight is 365 g/mol. The van der Waals surface area contributed by atoms with Crippen molar-refractivity contribution >= 4 is 35.0 Å². The Morgan fingerprint density at radius 3 is 2.21 bits per heavy atom. The van der Waals surface area contributed by atoms with Crippen molar-refractivity contribution in [3.05, 3.63) is 69.2 Å². The first-order chi connectivity index (χ1) is 11.2. The van der Waals surface area contributed by atoms with E-state index in [1.165, 1.54) is 12.1 Å². The van der Waals surface area contributed by atoms with Gasteiger partial charge in [0.2, 0.25) is 0 Å². The van der Waals surface area contributed by atoms with Crippen LogP contribution in [0, 0.1) is 0 Å². The van der Waals surface area contributed by atoms with Gasteiger partial charge in [-0.15, -0.1) is 0 Å². The summed E-state index contributed by atoms with van der Waals surface area (Å²) < 4.78 is 5.05. The highest BCUT2D eigenvalue weighted by atomic mass is 35.5. The lowest BCUT2D eigenvalue weighted by molar-refractivity contribution is 0.0475. The quantitative estimate of drug-likeness (QED) is 0.543. The Kier molecular flexibility index (Phi) is 5.68. The predicted molar refractivity (Wildman–Crippen MR) is 96.2 cm³/mol. The summed E-state index contributed by atoms with van der Waals surface area (Å²) in [4.78, 5) is 24.2. The molecule has 0 amide bonds. The van der Waals surface area contributed by atoms with Gasteiger partial charge in [-0.1, -0.05) is 68.2 Å². The fraction of sp³-hybridized carbons (Fsp3) is 0.263. The summed E-state index contributed by atoms with van der Waals surface area (Å²) in [7, 11) is 0. The number of carbonyl (C=O) groups excluding carboxylic acids is 2. The second kappa shape index (κ2) is 7.37. The molecule has 0 saturated heterocycles. The van der Waals surface area contributed by atoms with Crippen LogP contribution in [0.1, 0.15) is 47.1 Å². The molecule has 0 saturated carbocycles. The molecule has 0 aromatic heterocycles. The van der Waals surface area contributed by atoms with Crippen LogP contribution in [0.2, 0.25) is 10.0 Å². The van der Waals surface area contributed by atoms with E-state index in [2.05, 4.69) is 20.8 Å². The SMILES string of the molecule is CC(C)(C)c1ccc(C(=O)COC(=O)c2cc(Cl)ccc2Cl)cc1. The molecular weight excluding hydrogens is 347 g/mol. The van der Waals surface area contributed by atoms with Gasteiger partial charge in [-0.25, -0.2) is 4.79 Å². The van der Waals surface area contributed by atoms with Gasteiger partial charge in [0, 0.05) is 10.6 Å². The van der Waals surface area contributed by atoms with Crippen molar-refractivity contribution in [1.82, 2.24) is 0 Å². The van der Waals surface area contributed by atoms with Gasteiger partial charge >= 0.3 is 5.97 Å². The maximum atomic E-state index is 12.2. The van der Waals surface area contributed by atoms with E-state index < -0.39 is 5.97 Å². The summed E-state index contributed by atoms with van der Waals surface area (Å²) in [5.74, 6) is -0.955. The van der Waals surface area contributed by atoms with Crippen molar-refractivity contribution < 1.29 is 14.3 Å². The van der Waals surface area contributed by atoms with E-state index in [-0.39, 0.29) is 28.4 Å². The molecule has 5 heteroatoms. The first kappa shape index (κ1) is 18.5. The van der Waals surface area contributed by atoms with Crippen LogP contribution in [0.5, 0.6) is 0 Å². The van der Waals surface area contributed by atoms with Gasteiger partial charge in [-0.3, -0.25) is 4.79 Å². The molecule has 126 valence electrons. The number of ether oxygens (including phenoxy) is 1. The summed E-state index contributed by atoms with van der Waals surface area (Å²) in [5, 5.41) is 0.599. The van der Waals surface area contributed by atoms with Crippen molar-refractivity contribution in [2.24, 2.45) is 0 Å². The average Bonchev–Trinajstić information content (AvgIpc) is 2.53. The van der Waals surface area contributed by atoms with Crippen LogP contribution >= 0.6 is 23.2 Å². The molecule has 0 bridgehead atoms. The molecule has 24 heavy (non-hydrogen) atoms.